The fourth-order valence-corrected chi connectivity index (χ4v) is 14.7. The Labute approximate surface area is 658 Å². The first kappa shape index (κ1) is 85.7. The van der Waals surface area contributed by atoms with E-state index < -0.39 is 25.1 Å². The third kappa shape index (κ3) is 29.5. The molecule has 11 aromatic rings. The van der Waals surface area contributed by atoms with Gasteiger partial charge in [-0.15, -0.1) is 62.3 Å². The van der Waals surface area contributed by atoms with E-state index in [9.17, 15) is 53.1 Å². The molecule has 0 spiro atoms. The molecule has 32 heteroatoms. The average Bonchev–Trinajstić information content (AvgIpc) is 1.79. The fourth-order valence-electron chi connectivity index (χ4n) is 10.5. The van der Waals surface area contributed by atoms with Gasteiger partial charge >= 0.3 is 22.4 Å². The van der Waals surface area contributed by atoms with Crippen LogP contribution in [0.15, 0.2) is 210 Å². The first-order valence-electron chi connectivity index (χ1n) is 34.6. The van der Waals surface area contributed by atoms with E-state index in [1.165, 1.54) is 70.4 Å². The van der Waals surface area contributed by atoms with Crippen LogP contribution in [0.2, 0.25) is 0 Å². The Hall–Kier alpha value is -10.6. The first-order chi connectivity index (χ1) is 52.0. The number of hydrogen-bond acceptors (Lipinski definition) is 20. The highest BCUT2D eigenvalue weighted by atomic mass is 79.9. The predicted octanol–water partition coefficient (Wildman–Crippen LogP) is 16.2. The first-order valence-corrected chi connectivity index (χ1v) is 39.5. The van der Waals surface area contributed by atoms with Crippen molar-refractivity contribution in [3.05, 3.63) is 322 Å². The molecule has 0 aliphatic carbocycles. The maximum absolute atomic E-state index is 12.6. The Bertz CT molecular complexity index is 4610. The van der Waals surface area contributed by atoms with Crippen LogP contribution in [-0.4, -0.2) is 65.6 Å². The van der Waals surface area contributed by atoms with Crippen LogP contribution in [0.4, 0.5) is 32.3 Å². The quantitative estimate of drug-likeness (QED) is 0.0114. The van der Waals surface area contributed by atoms with Crippen LogP contribution < -0.4 is 37.0 Å². The van der Waals surface area contributed by atoms with Crippen LogP contribution in [0.3, 0.4) is 0 Å². The van der Waals surface area contributed by atoms with Crippen molar-refractivity contribution in [2.45, 2.75) is 129 Å². The van der Waals surface area contributed by atoms with Crippen LogP contribution in [0.25, 0.3) is 0 Å². The zero-order valence-electron chi connectivity index (χ0n) is 60.1. The molecule has 9 N–H and O–H groups in total. The van der Waals surface area contributed by atoms with Gasteiger partial charge in [-0.2, -0.15) is 8.42 Å². The summed E-state index contributed by atoms with van der Waals surface area (Å²) in [6.45, 7) is 9.01. The molecule has 7 aromatic carbocycles. The molecular formula is C77H85BrN14O12S5. The molecule has 4 heterocycles. The average molecular weight is 1640 g/mol. The lowest BCUT2D eigenvalue weighted by Crippen LogP contribution is -2.38. The number of aromatic nitrogens is 4. The van der Waals surface area contributed by atoms with Gasteiger partial charge < -0.3 is 32.3 Å². The monoisotopic (exact) mass is 1640 g/mol. The van der Waals surface area contributed by atoms with Gasteiger partial charge in [-0.1, -0.05) is 167 Å². The van der Waals surface area contributed by atoms with Gasteiger partial charge in [-0.25, -0.2) is 29.5 Å². The van der Waals surface area contributed by atoms with E-state index in [0.29, 0.717) is 51.6 Å². The summed E-state index contributed by atoms with van der Waals surface area (Å²) in [5.74, 6) is -0.0493. The van der Waals surface area contributed by atoms with Crippen LogP contribution in [-0.2, 0) is 86.0 Å². The molecule has 4 atom stereocenters. The molecule has 0 unspecified atom stereocenters. The Morgan fingerprint density at radius 2 is 0.734 bits per heavy atom. The van der Waals surface area contributed by atoms with Crippen LogP contribution in [0.5, 0.6) is 0 Å². The highest BCUT2D eigenvalue weighted by molar-refractivity contribution is 8.93. The summed E-state index contributed by atoms with van der Waals surface area (Å²) in [7, 11) is -4.32. The van der Waals surface area contributed by atoms with Crippen molar-refractivity contribution in [2.75, 3.05) is 4.72 Å². The normalized spacial score (nSPS) is 11.8. The molecule has 11 rings (SSSR count). The lowest BCUT2D eigenvalue weighted by Gasteiger charge is -2.17. The fraction of sp³-hybridized carbons (Fsp3) is 0.260. The summed E-state index contributed by atoms with van der Waals surface area (Å²) in [4.78, 5) is 86.9. The Balaban J connectivity index is 0.000000204. The van der Waals surface area contributed by atoms with E-state index in [-0.39, 0.29) is 81.9 Å². The number of anilines is 1. The minimum Gasteiger partial charge on any atom is -0.347 e. The molecule has 109 heavy (non-hydrogen) atoms. The zero-order chi connectivity index (χ0) is 77.4. The molecule has 0 aliphatic rings. The topological polar surface area (TPSA) is 385 Å². The van der Waals surface area contributed by atoms with E-state index in [2.05, 4.69) is 53.4 Å². The van der Waals surface area contributed by atoms with Gasteiger partial charge in [-0.3, -0.25) is 44.4 Å². The molecular weight excluding hydrogens is 1550 g/mol. The summed E-state index contributed by atoms with van der Waals surface area (Å²) in [5.41, 5.74) is 17.3. The van der Waals surface area contributed by atoms with Crippen LogP contribution >= 0.6 is 62.3 Å². The maximum atomic E-state index is 12.6. The maximum Gasteiger partial charge on any atom is 0.357 e. The number of carbonyl (C=O) groups is 3. The minimum atomic E-state index is -4.32. The number of aryl methyl sites for hydroxylation is 5. The van der Waals surface area contributed by atoms with Crippen LogP contribution in [0.1, 0.15) is 140 Å². The second-order valence-corrected chi connectivity index (χ2v) is 29.1. The van der Waals surface area contributed by atoms with E-state index in [4.69, 9.17) is 10.3 Å². The number of non-ortho nitro benzene ring substituents is 3. The van der Waals surface area contributed by atoms with Gasteiger partial charge in [0.2, 0.25) is 5.91 Å². The number of nitrogens with zero attached hydrogens (tertiary/aromatic N) is 7. The van der Waals surface area contributed by atoms with Gasteiger partial charge in [0.25, 0.3) is 17.1 Å². The Morgan fingerprint density at radius 3 is 1.06 bits per heavy atom. The third-order valence-corrected chi connectivity index (χ3v) is 20.9. The summed E-state index contributed by atoms with van der Waals surface area (Å²) >= 11 is 6.09. The number of nitrogens with one attached hydrogen (secondary N) is 6. The van der Waals surface area contributed by atoms with Gasteiger partial charge in [-0.05, 0) is 109 Å². The summed E-state index contributed by atoms with van der Waals surface area (Å²) in [5, 5.41) is 58.5. The van der Waals surface area contributed by atoms with Crippen molar-refractivity contribution in [2.24, 2.45) is 5.73 Å². The number of nitro benzene ring substituents is 3. The Kier molecular flexibility index (Phi) is 34.6. The number of thiazole rings is 4. The van der Waals surface area contributed by atoms with Crippen molar-refractivity contribution in [1.82, 2.24) is 46.5 Å². The molecule has 5 amide bonds. The summed E-state index contributed by atoms with van der Waals surface area (Å²) in [6, 6.07) is 53.4. The number of carbonyl (C=O) groups excluding carboxylic acids is 3. The van der Waals surface area contributed by atoms with Crippen molar-refractivity contribution >= 4 is 113 Å². The molecule has 0 radical (unpaired) electrons. The standard InChI is InChI=1S/C22H25N3O4S2.2C21H22N4O3S.C13H15N3O2S.BrH/c1-2-18-15-30-22(23-18)20(24-21(26)13-10-16-6-4-3-5-7-16)14-17-8-11-19(12-9-17)25-31(27,28)29;2*1-2-17-14-29-20(23-17)19(12-15-8-10-18(11-9-15)25(27)28)24-21(26)22-13-16-6-4-3-5-7-16;1-2-10-8-19-13(15-10)12(14)7-9-3-5-11(6-4-9)16(17)18;/h3-9,11-12,15,20,25H,2,10,13-14H2,1H3,(H,24,26)(H,27,28,29);2*3-11,14,19H,2,12-13H2,1H3,(H2,22,24,26);3-6,8,12H,2,7,14H2,1H3;1H/t20-;2*19-;12-;/m0000./s1. The Morgan fingerprint density at radius 1 is 0.431 bits per heavy atom. The van der Waals surface area contributed by atoms with E-state index in [1.54, 1.807) is 72.0 Å². The molecule has 4 aromatic heterocycles. The van der Waals surface area contributed by atoms with Crippen molar-refractivity contribution in [3.8, 4) is 0 Å². The predicted molar refractivity (Wildman–Crippen MR) is 434 cm³/mol. The number of hydrogen-bond donors (Lipinski definition) is 8. The zero-order valence-corrected chi connectivity index (χ0v) is 65.9. The number of halogens is 1. The third-order valence-electron chi connectivity index (χ3n) is 16.4. The molecule has 0 saturated carbocycles. The van der Waals surface area contributed by atoms with Gasteiger partial charge in [0.15, 0.2) is 0 Å². The van der Waals surface area contributed by atoms with E-state index >= 15 is 0 Å². The number of nitrogens with two attached hydrogens (primary N) is 1. The highest BCUT2D eigenvalue weighted by Gasteiger charge is 2.24. The number of nitro groups is 3. The number of benzene rings is 7. The molecule has 0 saturated heterocycles. The second-order valence-electron chi connectivity index (χ2n) is 24.4. The van der Waals surface area contributed by atoms with Crippen molar-refractivity contribution in [1.29, 1.82) is 0 Å². The lowest BCUT2D eigenvalue weighted by atomic mass is 10.0. The molecule has 0 bridgehead atoms. The smallest absolute Gasteiger partial charge is 0.347 e. The SMILES string of the molecule is Br.CCc1csc([C@@H](N)Cc2ccc([N+](=O)[O-])cc2)n1.CCc1csc([C@H](Cc2ccc(NS(=O)(=O)O)cc2)NC(=O)CCc2ccccc2)n1.CCc1csc([C@H](Cc2ccc([N+](=O)[O-])cc2)NC(=O)NCc2ccccc2)n1.CCc1csc([C@H](Cc2ccc([N+](=O)[O-])cc2)NC(=O)NCc2ccccc2)n1. The largest absolute Gasteiger partial charge is 0.357 e. The van der Waals surface area contributed by atoms with Crippen molar-refractivity contribution in [3.63, 3.8) is 0 Å². The van der Waals surface area contributed by atoms with Gasteiger partial charge in [0.05, 0.1) is 67.4 Å². The number of rotatable bonds is 31. The summed E-state index contributed by atoms with van der Waals surface area (Å²) in [6.07, 6.45) is 6.54. The molecule has 0 fully saturated rings. The number of urea groups is 2. The number of amides is 5. The summed E-state index contributed by atoms with van der Waals surface area (Å²) < 4.78 is 32.8. The molecule has 0 aliphatic heterocycles. The van der Waals surface area contributed by atoms with Gasteiger partial charge in [0, 0.05) is 77.4 Å². The van der Waals surface area contributed by atoms with E-state index in [1.807, 2.05) is 138 Å². The van der Waals surface area contributed by atoms with Crippen LogP contribution in [0, 0.1) is 30.3 Å². The van der Waals surface area contributed by atoms with E-state index in [0.717, 1.165) is 107 Å². The lowest BCUT2D eigenvalue weighted by molar-refractivity contribution is -0.385. The molecule has 572 valence electrons. The highest BCUT2D eigenvalue weighted by Crippen LogP contribution is 2.29. The second kappa shape index (κ2) is 44.0. The molecule has 26 nitrogen and oxygen atoms in total. The van der Waals surface area contributed by atoms with Gasteiger partial charge in [0.1, 0.15) is 20.0 Å². The van der Waals surface area contributed by atoms with Crippen molar-refractivity contribution < 1.29 is 42.1 Å². The minimum absolute atomic E-state index is 0.